The molecule has 2 aromatic rings. The Morgan fingerprint density at radius 3 is 2.39 bits per heavy atom. The van der Waals surface area contributed by atoms with Crippen LogP contribution in [0.25, 0.3) is 0 Å². The molecule has 0 saturated heterocycles. The molecule has 0 aromatic heterocycles. The van der Waals surface area contributed by atoms with Crippen LogP contribution in [0.1, 0.15) is 15.9 Å². The maximum atomic E-state index is 12.3. The molecule has 18 heavy (non-hydrogen) atoms. The van der Waals surface area contributed by atoms with Crippen molar-refractivity contribution in [2.24, 2.45) is 0 Å². The van der Waals surface area contributed by atoms with Gasteiger partial charge in [0.15, 0.2) is 5.78 Å². The number of rotatable bonds is 4. The monoisotopic (exact) mass is 258 g/mol. The van der Waals surface area contributed by atoms with Gasteiger partial charge in [-0.2, -0.15) is 0 Å². The molecule has 0 atom stereocenters. The summed E-state index contributed by atoms with van der Waals surface area (Å²) in [7, 11) is 1.62. The van der Waals surface area contributed by atoms with E-state index in [1.807, 2.05) is 48.7 Å². The van der Waals surface area contributed by atoms with Gasteiger partial charge in [-0.15, -0.1) is 11.8 Å². The van der Waals surface area contributed by atoms with E-state index in [1.165, 1.54) is 0 Å². The average molecular weight is 258 g/mol. The van der Waals surface area contributed by atoms with E-state index in [4.69, 9.17) is 4.74 Å². The lowest BCUT2D eigenvalue weighted by Gasteiger charge is -2.08. The van der Waals surface area contributed by atoms with E-state index in [-0.39, 0.29) is 5.78 Å². The quantitative estimate of drug-likeness (QED) is 0.618. The highest BCUT2D eigenvalue weighted by Gasteiger charge is 2.11. The Hall–Kier alpha value is -1.74. The van der Waals surface area contributed by atoms with Crippen LogP contribution < -0.4 is 4.74 Å². The number of methoxy groups -OCH3 is 1. The van der Waals surface area contributed by atoms with Crippen LogP contribution in [0.2, 0.25) is 0 Å². The first kappa shape index (κ1) is 12.7. The van der Waals surface area contributed by atoms with Gasteiger partial charge in [0.25, 0.3) is 0 Å². The van der Waals surface area contributed by atoms with Crippen molar-refractivity contribution in [1.29, 1.82) is 0 Å². The van der Waals surface area contributed by atoms with E-state index in [0.717, 1.165) is 10.6 Å². The molecule has 0 N–H and O–H groups in total. The molecule has 3 heteroatoms. The Morgan fingerprint density at radius 1 is 1.06 bits per heavy atom. The first-order valence-corrected chi connectivity index (χ1v) is 6.80. The second-order valence-electron chi connectivity index (χ2n) is 3.76. The molecule has 2 aromatic carbocycles. The van der Waals surface area contributed by atoms with Crippen molar-refractivity contribution in [3.8, 4) is 5.75 Å². The van der Waals surface area contributed by atoms with Gasteiger partial charge in [0.2, 0.25) is 0 Å². The fraction of sp³-hybridized carbons (Fsp3) is 0.133. The van der Waals surface area contributed by atoms with Crippen molar-refractivity contribution in [3.05, 3.63) is 59.7 Å². The average Bonchev–Trinajstić information content (AvgIpc) is 2.46. The van der Waals surface area contributed by atoms with Crippen LogP contribution in [0.4, 0.5) is 0 Å². The number of benzene rings is 2. The molecule has 2 rings (SSSR count). The van der Waals surface area contributed by atoms with Gasteiger partial charge in [-0.1, -0.05) is 30.3 Å². The zero-order chi connectivity index (χ0) is 13.0. The summed E-state index contributed by atoms with van der Waals surface area (Å²) in [6.45, 7) is 0. The SMILES string of the molecule is COc1cc(C(=O)c2ccccc2)ccc1SC. The molecule has 0 aliphatic heterocycles. The lowest BCUT2D eigenvalue weighted by Crippen LogP contribution is -2.01. The summed E-state index contributed by atoms with van der Waals surface area (Å²) in [4.78, 5) is 13.3. The Bertz CT molecular complexity index is 550. The minimum absolute atomic E-state index is 0.0153. The third kappa shape index (κ3) is 2.57. The summed E-state index contributed by atoms with van der Waals surface area (Å²) in [5.74, 6) is 0.755. The summed E-state index contributed by atoms with van der Waals surface area (Å²) in [6.07, 6.45) is 1.98. The second-order valence-corrected chi connectivity index (χ2v) is 4.61. The molecular formula is C15H14O2S. The number of carbonyl (C=O) groups excluding carboxylic acids is 1. The molecular weight excluding hydrogens is 244 g/mol. The van der Waals surface area contributed by atoms with E-state index in [2.05, 4.69) is 0 Å². The third-order valence-corrected chi connectivity index (χ3v) is 3.46. The van der Waals surface area contributed by atoms with Gasteiger partial charge in [-0.3, -0.25) is 4.79 Å². The van der Waals surface area contributed by atoms with Gasteiger partial charge in [0.1, 0.15) is 5.75 Å². The van der Waals surface area contributed by atoms with Crippen LogP contribution >= 0.6 is 11.8 Å². The largest absolute Gasteiger partial charge is 0.496 e. The summed E-state index contributed by atoms with van der Waals surface area (Å²) < 4.78 is 5.29. The van der Waals surface area contributed by atoms with Crippen LogP contribution in [0.5, 0.6) is 5.75 Å². The fourth-order valence-corrected chi connectivity index (χ4v) is 2.28. The highest BCUT2D eigenvalue weighted by atomic mass is 32.2. The van der Waals surface area contributed by atoms with Crippen molar-refractivity contribution in [1.82, 2.24) is 0 Å². The van der Waals surface area contributed by atoms with Crippen LogP contribution in [-0.2, 0) is 0 Å². The highest BCUT2D eigenvalue weighted by Crippen LogP contribution is 2.29. The van der Waals surface area contributed by atoms with Crippen molar-refractivity contribution < 1.29 is 9.53 Å². The molecule has 0 fully saturated rings. The molecule has 0 amide bonds. The smallest absolute Gasteiger partial charge is 0.193 e. The van der Waals surface area contributed by atoms with Crippen molar-refractivity contribution in [2.45, 2.75) is 4.90 Å². The molecule has 0 unspecified atom stereocenters. The normalized spacial score (nSPS) is 10.1. The van der Waals surface area contributed by atoms with E-state index in [9.17, 15) is 4.79 Å². The molecule has 0 bridgehead atoms. The molecule has 0 heterocycles. The molecule has 0 aliphatic rings. The first-order chi connectivity index (χ1) is 8.76. The number of hydrogen-bond acceptors (Lipinski definition) is 3. The topological polar surface area (TPSA) is 26.3 Å². The minimum atomic E-state index is 0.0153. The number of hydrogen-bond donors (Lipinski definition) is 0. The molecule has 92 valence electrons. The van der Waals surface area contributed by atoms with E-state index < -0.39 is 0 Å². The zero-order valence-electron chi connectivity index (χ0n) is 10.3. The van der Waals surface area contributed by atoms with E-state index in [0.29, 0.717) is 11.1 Å². The fourth-order valence-electron chi connectivity index (χ4n) is 1.73. The van der Waals surface area contributed by atoms with Gasteiger partial charge in [0, 0.05) is 16.0 Å². The van der Waals surface area contributed by atoms with Crippen LogP contribution in [0.15, 0.2) is 53.4 Å². The van der Waals surface area contributed by atoms with Crippen molar-refractivity contribution >= 4 is 17.5 Å². The molecule has 0 radical (unpaired) electrons. The maximum absolute atomic E-state index is 12.3. The van der Waals surface area contributed by atoms with Crippen LogP contribution in [0, 0.1) is 0 Å². The van der Waals surface area contributed by atoms with Gasteiger partial charge < -0.3 is 4.74 Å². The Morgan fingerprint density at radius 2 is 1.78 bits per heavy atom. The maximum Gasteiger partial charge on any atom is 0.193 e. The minimum Gasteiger partial charge on any atom is -0.496 e. The molecule has 0 aliphatic carbocycles. The van der Waals surface area contributed by atoms with Gasteiger partial charge in [-0.05, 0) is 24.5 Å². The molecule has 0 spiro atoms. The summed E-state index contributed by atoms with van der Waals surface area (Å²) in [5.41, 5.74) is 1.34. The Labute approximate surface area is 111 Å². The standard InChI is InChI=1S/C15H14O2S/c1-17-13-10-12(8-9-14(13)18-2)15(16)11-6-4-3-5-7-11/h3-10H,1-2H3. The number of carbonyl (C=O) groups is 1. The predicted octanol–water partition coefficient (Wildman–Crippen LogP) is 3.65. The Kier molecular flexibility index (Phi) is 4.05. The first-order valence-electron chi connectivity index (χ1n) is 5.58. The van der Waals surface area contributed by atoms with Gasteiger partial charge >= 0.3 is 0 Å². The van der Waals surface area contributed by atoms with E-state index in [1.54, 1.807) is 24.9 Å². The summed E-state index contributed by atoms with van der Waals surface area (Å²) in [5, 5.41) is 0. The van der Waals surface area contributed by atoms with Crippen molar-refractivity contribution in [2.75, 3.05) is 13.4 Å². The third-order valence-electron chi connectivity index (χ3n) is 2.68. The lowest BCUT2D eigenvalue weighted by atomic mass is 10.0. The highest BCUT2D eigenvalue weighted by molar-refractivity contribution is 7.98. The summed E-state index contributed by atoms with van der Waals surface area (Å²) >= 11 is 1.60. The van der Waals surface area contributed by atoms with E-state index >= 15 is 0 Å². The molecule has 0 saturated carbocycles. The number of ether oxygens (including phenoxy) is 1. The Balaban J connectivity index is 2.37. The number of ketones is 1. The number of thioether (sulfide) groups is 1. The van der Waals surface area contributed by atoms with Crippen LogP contribution in [-0.4, -0.2) is 19.1 Å². The van der Waals surface area contributed by atoms with Gasteiger partial charge in [0.05, 0.1) is 7.11 Å². The summed E-state index contributed by atoms with van der Waals surface area (Å²) in [6, 6.07) is 14.8. The second kappa shape index (κ2) is 5.74. The van der Waals surface area contributed by atoms with Crippen molar-refractivity contribution in [3.63, 3.8) is 0 Å². The van der Waals surface area contributed by atoms with Crippen LogP contribution in [0.3, 0.4) is 0 Å². The van der Waals surface area contributed by atoms with Gasteiger partial charge in [-0.25, -0.2) is 0 Å². The lowest BCUT2D eigenvalue weighted by molar-refractivity contribution is 0.103. The zero-order valence-corrected chi connectivity index (χ0v) is 11.2. The molecule has 2 nitrogen and oxygen atoms in total. The predicted molar refractivity (Wildman–Crippen MR) is 74.6 cm³/mol.